The van der Waals surface area contributed by atoms with Gasteiger partial charge in [-0.1, -0.05) is 25.2 Å². The zero-order valence-electron chi connectivity index (χ0n) is 18.8. The highest BCUT2D eigenvalue weighted by atomic mass is 127. The number of thiazole rings is 1. The van der Waals surface area contributed by atoms with Crippen LogP contribution >= 0.6 is 41.8 Å². The Kier molecular flexibility index (Phi) is 10.8. The van der Waals surface area contributed by atoms with Gasteiger partial charge >= 0.3 is 0 Å². The van der Waals surface area contributed by atoms with E-state index >= 15 is 0 Å². The molecule has 0 spiro atoms. The van der Waals surface area contributed by atoms with Crippen molar-refractivity contribution in [3.8, 4) is 5.75 Å². The van der Waals surface area contributed by atoms with E-state index in [2.05, 4.69) is 63.2 Å². The molecule has 0 saturated carbocycles. The normalized spacial score (nSPS) is 16.0. The predicted octanol–water partition coefficient (Wildman–Crippen LogP) is 6.69. The van der Waals surface area contributed by atoms with Gasteiger partial charge in [0.2, 0.25) is 0 Å². The molecule has 0 amide bonds. The predicted molar refractivity (Wildman–Crippen MR) is 145 cm³/mol. The lowest BCUT2D eigenvalue weighted by atomic mass is 9.96. The van der Waals surface area contributed by atoms with Gasteiger partial charge in [0.25, 0.3) is 0 Å². The zero-order valence-corrected chi connectivity index (χ0v) is 22.5. The molecule has 1 aromatic heterocycles. The minimum absolute atomic E-state index is 0.396. The molecule has 1 aromatic carbocycles. The van der Waals surface area contributed by atoms with E-state index in [1.54, 1.807) is 11.3 Å². The summed E-state index contributed by atoms with van der Waals surface area (Å²) in [7, 11) is 1.32. The van der Waals surface area contributed by atoms with Crippen molar-refractivity contribution in [2.24, 2.45) is 4.99 Å². The Bertz CT molecular complexity index is 914. The van der Waals surface area contributed by atoms with Gasteiger partial charge in [-0.05, 0) is 55.2 Å². The van der Waals surface area contributed by atoms with E-state index in [1.165, 1.54) is 14.8 Å². The fourth-order valence-electron chi connectivity index (χ4n) is 3.25. The van der Waals surface area contributed by atoms with Gasteiger partial charge in [-0.25, -0.2) is 4.98 Å². The minimum Gasteiger partial charge on any atom is -0.491 e. The Morgan fingerprint density at radius 2 is 2.19 bits per heavy atom. The Labute approximate surface area is 211 Å². The van der Waals surface area contributed by atoms with Crippen LogP contribution in [0.4, 0.5) is 10.8 Å². The average molecular weight is 588 g/mol. The van der Waals surface area contributed by atoms with Crippen LogP contribution in [-0.2, 0) is 8.92 Å². The molecule has 2 heterocycles. The monoisotopic (exact) mass is 587 g/mol. The second-order valence-electron chi connectivity index (χ2n) is 7.49. The topological polar surface area (TPSA) is 56.2 Å². The summed E-state index contributed by atoms with van der Waals surface area (Å²) in [5.74, 6) is 1.25. The lowest BCUT2D eigenvalue weighted by Gasteiger charge is -2.25. The van der Waals surface area contributed by atoms with Crippen LogP contribution in [0, 0.1) is 0 Å². The molecule has 1 saturated heterocycles. The first-order valence-electron chi connectivity index (χ1n) is 10.8. The van der Waals surface area contributed by atoms with Crippen LogP contribution in [0.3, 0.4) is 0 Å². The number of nitrogens with zero attached hydrogens (tertiary/aromatic N) is 3. The number of aromatic nitrogens is 1. The molecule has 0 N–H and O–H groups in total. The summed E-state index contributed by atoms with van der Waals surface area (Å²) in [5, 5.41) is 1.06. The fraction of sp³-hybridized carbons (Fsp3) is 0.478. The number of halogens is 1. The van der Waals surface area contributed by atoms with Crippen LogP contribution in [0.1, 0.15) is 43.6 Å². The first-order valence-corrected chi connectivity index (χ1v) is 14.9. The number of benzene rings is 1. The number of aliphatic imine (C=N–C) groups is 1. The van der Waals surface area contributed by atoms with Gasteiger partial charge in [0.15, 0.2) is 5.13 Å². The standard InChI is InChI=1S/C23H30IN3O3S2/c1-4-17(2)21-15-19(29-13-14-30-32-24)6-8-22(21)26-18(3)5-7-20-16-25-23(31-20)27-9-11-28-12-10-27/h5-8,15-17H,4,9-14H2,1-3H3/b7-5+,26-18?. The van der Waals surface area contributed by atoms with E-state index in [0.717, 1.165) is 59.9 Å². The smallest absolute Gasteiger partial charge is 0.185 e. The number of anilines is 1. The largest absolute Gasteiger partial charge is 0.491 e. The molecule has 3 rings (SSSR count). The SMILES string of the molecule is CCC(C)c1cc(OCCOSI)ccc1N=C(C)/C=C/c1cnc(N2CCOCC2)s1. The van der Waals surface area contributed by atoms with E-state index in [-0.39, 0.29) is 0 Å². The maximum Gasteiger partial charge on any atom is 0.185 e. The summed E-state index contributed by atoms with van der Waals surface area (Å²) in [6.45, 7) is 10.9. The van der Waals surface area contributed by atoms with Crippen molar-refractivity contribution in [2.75, 3.05) is 44.4 Å². The van der Waals surface area contributed by atoms with E-state index in [1.807, 2.05) is 25.3 Å². The average Bonchev–Trinajstić information content (AvgIpc) is 3.30. The zero-order chi connectivity index (χ0) is 22.8. The van der Waals surface area contributed by atoms with Gasteiger partial charge in [0.1, 0.15) is 12.4 Å². The number of rotatable bonds is 11. The third-order valence-corrected chi connectivity index (χ3v) is 7.24. The highest BCUT2D eigenvalue weighted by molar-refractivity contribution is 14.2. The van der Waals surface area contributed by atoms with Gasteiger partial charge in [-0.2, -0.15) is 0 Å². The molecule has 174 valence electrons. The molecule has 1 fully saturated rings. The van der Waals surface area contributed by atoms with Crippen molar-refractivity contribution >= 4 is 64.4 Å². The van der Waals surface area contributed by atoms with Crippen LogP contribution in [0.5, 0.6) is 5.75 Å². The summed E-state index contributed by atoms with van der Waals surface area (Å²) in [6.07, 6.45) is 7.11. The van der Waals surface area contributed by atoms with E-state index in [9.17, 15) is 0 Å². The van der Waals surface area contributed by atoms with Crippen molar-refractivity contribution in [3.05, 3.63) is 40.9 Å². The first kappa shape index (κ1) is 25.5. The fourth-order valence-corrected chi connectivity index (χ4v) is 4.79. The molecule has 9 heteroatoms. The molecule has 1 aliphatic heterocycles. The van der Waals surface area contributed by atoms with Gasteiger partial charge in [0, 0.05) is 51.1 Å². The van der Waals surface area contributed by atoms with Gasteiger partial charge in [0.05, 0.1) is 34.7 Å². The number of ether oxygens (including phenoxy) is 2. The Hall–Kier alpha value is -1.14. The molecule has 32 heavy (non-hydrogen) atoms. The van der Waals surface area contributed by atoms with Crippen molar-refractivity contribution in [1.82, 2.24) is 4.98 Å². The highest BCUT2D eigenvalue weighted by Crippen LogP contribution is 2.33. The summed E-state index contributed by atoms with van der Waals surface area (Å²) in [5.41, 5.74) is 3.15. The highest BCUT2D eigenvalue weighted by Gasteiger charge is 2.14. The molecule has 1 unspecified atom stereocenters. The van der Waals surface area contributed by atoms with Gasteiger partial charge < -0.3 is 18.6 Å². The number of hydrogen-bond donors (Lipinski definition) is 0. The lowest BCUT2D eigenvalue weighted by Crippen LogP contribution is -2.36. The van der Waals surface area contributed by atoms with Gasteiger partial charge in [-0.3, -0.25) is 4.99 Å². The Balaban J connectivity index is 1.69. The van der Waals surface area contributed by atoms with Crippen LogP contribution < -0.4 is 9.64 Å². The molecule has 0 bridgehead atoms. The minimum atomic E-state index is 0.396. The van der Waals surface area contributed by atoms with Crippen molar-refractivity contribution in [2.45, 2.75) is 33.1 Å². The molecular weight excluding hydrogens is 557 g/mol. The van der Waals surface area contributed by atoms with Crippen molar-refractivity contribution < 1.29 is 13.7 Å². The molecule has 1 atom stereocenters. The second kappa shape index (κ2) is 13.5. The van der Waals surface area contributed by atoms with Crippen LogP contribution in [0.2, 0.25) is 0 Å². The Morgan fingerprint density at radius 3 is 2.94 bits per heavy atom. The summed E-state index contributed by atoms with van der Waals surface area (Å²) >= 11 is 3.81. The molecule has 6 nitrogen and oxygen atoms in total. The van der Waals surface area contributed by atoms with Crippen molar-refractivity contribution in [1.29, 1.82) is 0 Å². The van der Waals surface area contributed by atoms with E-state index in [0.29, 0.717) is 19.1 Å². The number of hydrogen-bond acceptors (Lipinski definition) is 8. The summed E-state index contributed by atoms with van der Waals surface area (Å²) in [6, 6.07) is 6.14. The molecule has 1 aliphatic rings. The molecular formula is C23H30IN3O3S2. The summed E-state index contributed by atoms with van der Waals surface area (Å²) in [4.78, 5) is 12.9. The molecule has 0 radical (unpaired) electrons. The first-order chi connectivity index (χ1) is 15.6. The number of allylic oxidation sites excluding steroid dienone is 1. The maximum atomic E-state index is 5.84. The molecule has 0 aliphatic carbocycles. The van der Waals surface area contributed by atoms with Crippen LogP contribution in [0.25, 0.3) is 6.08 Å². The van der Waals surface area contributed by atoms with Crippen LogP contribution in [0.15, 0.2) is 35.5 Å². The Morgan fingerprint density at radius 1 is 1.38 bits per heavy atom. The van der Waals surface area contributed by atoms with Gasteiger partial charge in [-0.15, -0.1) is 0 Å². The van der Waals surface area contributed by atoms with Crippen molar-refractivity contribution in [3.63, 3.8) is 0 Å². The third-order valence-electron chi connectivity index (χ3n) is 5.20. The number of morpholine rings is 1. The van der Waals surface area contributed by atoms with E-state index in [4.69, 9.17) is 18.6 Å². The lowest BCUT2D eigenvalue weighted by molar-refractivity contribution is 0.122. The third kappa shape index (κ3) is 7.72. The van der Waals surface area contributed by atoms with E-state index < -0.39 is 0 Å². The quantitative estimate of drug-likeness (QED) is 0.126. The summed E-state index contributed by atoms with van der Waals surface area (Å²) < 4.78 is 16.5. The maximum absolute atomic E-state index is 5.84. The second-order valence-corrected chi connectivity index (χ2v) is 9.98. The van der Waals surface area contributed by atoms with Crippen LogP contribution in [-0.4, -0.2) is 50.2 Å². The molecule has 2 aromatic rings.